The number of aromatic nitrogens is 4. The minimum atomic E-state index is -1.26. The van der Waals surface area contributed by atoms with Crippen LogP contribution in [0.3, 0.4) is 0 Å². The zero-order chi connectivity index (χ0) is 32.1. The van der Waals surface area contributed by atoms with Crippen molar-refractivity contribution in [2.45, 2.75) is 57.7 Å². The molecule has 0 aliphatic rings. The average molecular weight is 613 g/mol. The number of nitrogens with one attached hydrogen (secondary N) is 5. The highest BCUT2D eigenvalue weighted by Crippen LogP contribution is 2.12. The molecule has 0 aliphatic heterocycles. The van der Waals surface area contributed by atoms with E-state index in [0.717, 1.165) is 6.42 Å². The van der Waals surface area contributed by atoms with Crippen molar-refractivity contribution < 1.29 is 29.1 Å². The number of nitrogen functional groups attached to an aromatic ring is 1. The highest BCUT2D eigenvalue weighted by molar-refractivity contribution is 5.97. The molecular formula is C27H36N10O7. The minimum Gasteiger partial charge on any atom is -0.480 e. The topological polar surface area (TPSA) is 269 Å². The molecular weight excluding hydrogens is 576 g/mol. The molecule has 0 aliphatic carbocycles. The maximum Gasteiger partial charge on any atom is 0.326 e. The van der Waals surface area contributed by atoms with Crippen molar-refractivity contribution in [1.82, 2.24) is 35.9 Å². The molecule has 2 atom stereocenters. The Morgan fingerprint density at radius 1 is 1.05 bits per heavy atom. The summed E-state index contributed by atoms with van der Waals surface area (Å²) in [6.45, 7) is 2.31. The number of anilines is 2. The Morgan fingerprint density at radius 2 is 1.80 bits per heavy atom. The monoisotopic (exact) mass is 612 g/mol. The lowest BCUT2D eigenvalue weighted by Crippen LogP contribution is -2.42. The number of aliphatic carboxylic acids is 1. The van der Waals surface area contributed by atoms with Gasteiger partial charge in [0, 0.05) is 30.3 Å². The molecule has 236 valence electrons. The molecule has 2 heterocycles. The van der Waals surface area contributed by atoms with Gasteiger partial charge in [-0.2, -0.15) is 4.98 Å². The van der Waals surface area contributed by atoms with Crippen LogP contribution in [0, 0.1) is 0 Å². The van der Waals surface area contributed by atoms with E-state index in [1.807, 2.05) is 6.92 Å². The number of carbonyl (C=O) groups excluding carboxylic acids is 3. The molecule has 0 radical (unpaired) electrons. The summed E-state index contributed by atoms with van der Waals surface area (Å²) in [5, 5.41) is 20.6. The molecule has 44 heavy (non-hydrogen) atoms. The van der Waals surface area contributed by atoms with Gasteiger partial charge >= 0.3 is 5.97 Å². The molecule has 3 amide bonds. The van der Waals surface area contributed by atoms with Crippen molar-refractivity contribution in [3.8, 4) is 0 Å². The molecule has 17 heteroatoms. The second-order valence-electron chi connectivity index (χ2n) is 9.94. The number of hydrogen-bond acceptors (Lipinski definition) is 12. The Kier molecular flexibility index (Phi) is 12.5. The van der Waals surface area contributed by atoms with E-state index in [2.05, 4.69) is 46.0 Å². The van der Waals surface area contributed by atoms with Gasteiger partial charge in [0.1, 0.15) is 12.6 Å². The summed E-state index contributed by atoms with van der Waals surface area (Å²) in [7, 11) is 0. The summed E-state index contributed by atoms with van der Waals surface area (Å²) in [5.41, 5.74) is 6.54. The Balaban J connectivity index is 1.42. The fourth-order valence-electron chi connectivity index (χ4n) is 4.11. The number of unbranched alkanes of at least 4 members (excludes halogenated alkanes) is 1. The van der Waals surface area contributed by atoms with E-state index in [-0.39, 0.29) is 66.5 Å². The Morgan fingerprint density at radius 3 is 2.50 bits per heavy atom. The van der Waals surface area contributed by atoms with Crippen LogP contribution in [-0.4, -0.2) is 74.0 Å². The lowest BCUT2D eigenvalue weighted by Gasteiger charge is -2.17. The number of carbonyl (C=O) groups is 4. The summed E-state index contributed by atoms with van der Waals surface area (Å²) in [6.07, 6.45) is 3.40. The number of aromatic amines is 1. The zero-order valence-corrected chi connectivity index (χ0v) is 24.1. The van der Waals surface area contributed by atoms with Crippen LogP contribution in [0.2, 0.25) is 0 Å². The van der Waals surface area contributed by atoms with Crippen molar-refractivity contribution in [1.29, 1.82) is 0 Å². The normalized spacial score (nSPS) is 12.2. The highest BCUT2D eigenvalue weighted by Gasteiger charge is 2.22. The quantitative estimate of drug-likeness (QED) is 0.0710. The summed E-state index contributed by atoms with van der Waals surface area (Å²) in [4.78, 5) is 79.0. The summed E-state index contributed by atoms with van der Waals surface area (Å²) in [5.74, 6) is 2.28. The molecule has 3 aromatic rings. The Bertz CT molecular complexity index is 1510. The molecule has 0 fully saturated rings. The Hall–Kier alpha value is -5.16. The van der Waals surface area contributed by atoms with Crippen LogP contribution in [0.1, 0.15) is 55.1 Å². The first-order valence-electron chi connectivity index (χ1n) is 13.8. The number of amides is 3. The summed E-state index contributed by atoms with van der Waals surface area (Å²) >= 11 is 0. The van der Waals surface area contributed by atoms with Crippen LogP contribution in [0.5, 0.6) is 0 Å². The van der Waals surface area contributed by atoms with Crippen molar-refractivity contribution in [3.63, 3.8) is 0 Å². The van der Waals surface area contributed by atoms with E-state index in [4.69, 9.17) is 11.6 Å². The van der Waals surface area contributed by atoms with Crippen LogP contribution < -0.4 is 38.5 Å². The van der Waals surface area contributed by atoms with Gasteiger partial charge in [0.05, 0.1) is 18.4 Å². The largest absolute Gasteiger partial charge is 0.480 e. The zero-order valence-electron chi connectivity index (χ0n) is 24.1. The van der Waals surface area contributed by atoms with Crippen LogP contribution in [0.15, 0.2) is 35.3 Å². The number of carboxylic acids is 1. The molecule has 0 saturated carbocycles. The molecule has 3 rings (SSSR count). The smallest absolute Gasteiger partial charge is 0.326 e. The fraction of sp³-hybridized carbons (Fsp3) is 0.407. The second kappa shape index (κ2) is 16.5. The number of hydrogen-bond donors (Lipinski definition) is 8. The van der Waals surface area contributed by atoms with Gasteiger partial charge in [0.2, 0.25) is 17.8 Å². The Labute approximate surface area is 251 Å². The van der Waals surface area contributed by atoms with Crippen molar-refractivity contribution in [2.75, 3.05) is 24.2 Å². The van der Waals surface area contributed by atoms with E-state index < -0.39 is 23.5 Å². The standard InChI is InChI=1S/C27H36N10O7/c1-15(4-2-3-11-30-21(39)14-44-29)33-20(38)10-9-19(26(42)43)35-24(40)16-5-7-17(8-6-16)31-12-18-13-32-23-22(34-18)25(41)37-27(28)36-23/h5-8,13,15,19,31H,2-4,9-12,14,29H2,1H3,(H,30,39)(H,33,38)(H,35,40)(H,42,43)(H3,28,32,36,37,41)/t15-,19+/m1/s1. The maximum absolute atomic E-state index is 12.7. The van der Waals surface area contributed by atoms with E-state index in [0.29, 0.717) is 30.8 Å². The van der Waals surface area contributed by atoms with E-state index >= 15 is 0 Å². The van der Waals surface area contributed by atoms with E-state index in [1.165, 1.54) is 18.3 Å². The lowest BCUT2D eigenvalue weighted by molar-refractivity contribution is -0.139. The summed E-state index contributed by atoms with van der Waals surface area (Å²) in [6, 6.07) is 4.89. The molecule has 0 unspecified atom stereocenters. The van der Waals surface area contributed by atoms with Crippen LogP contribution >= 0.6 is 0 Å². The van der Waals surface area contributed by atoms with Gasteiger partial charge in [-0.3, -0.25) is 29.0 Å². The number of nitrogens with zero attached hydrogens (tertiary/aromatic N) is 3. The number of carboxylic acid groups (broad SMARTS) is 1. The number of fused-ring (bicyclic) bond motifs is 1. The van der Waals surface area contributed by atoms with Gasteiger partial charge in [-0.05, 0) is 56.9 Å². The predicted molar refractivity (Wildman–Crippen MR) is 159 cm³/mol. The SMILES string of the molecule is C[C@H](CCCCNC(=O)CON)NC(=O)CC[C@H](NC(=O)c1ccc(NCc2cnc3nc(N)[nH]c(=O)c3n2)cc1)C(=O)O. The van der Waals surface area contributed by atoms with Crippen molar-refractivity contribution in [3.05, 3.63) is 52.1 Å². The van der Waals surface area contributed by atoms with Crippen molar-refractivity contribution >= 4 is 46.5 Å². The van der Waals surface area contributed by atoms with E-state index in [9.17, 15) is 29.1 Å². The third-order valence-electron chi connectivity index (χ3n) is 6.38. The number of rotatable bonds is 17. The maximum atomic E-state index is 12.7. The molecule has 0 spiro atoms. The third kappa shape index (κ3) is 10.6. The first-order chi connectivity index (χ1) is 21.0. The lowest BCUT2D eigenvalue weighted by atomic mass is 10.1. The fourth-order valence-corrected chi connectivity index (χ4v) is 4.11. The summed E-state index contributed by atoms with van der Waals surface area (Å²) < 4.78 is 0. The van der Waals surface area contributed by atoms with Gasteiger partial charge in [-0.1, -0.05) is 0 Å². The third-order valence-corrected chi connectivity index (χ3v) is 6.38. The van der Waals surface area contributed by atoms with Crippen LogP contribution in [0.25, 0.3) is 11.2 Å². The van der Waals surface area contributed by atoms with Gasteiger partial charge < -0.3 is 32.1 Å². The average Bonchev–Trinajstić information content (AvgIpc) is 2.98. The number of nitrogens with two attached hydrogens (primary N) is 2. The minimum absolute atomic E-state index is 0.0549. The first-order valence-corrected chi connectivity index (χ1v) is 13.8. The van der Waals surface area contributed by atoms with Crippen molar-refractivity contribution in [2.24, 2.45) is 5.90 Å². The van der Waals surface area contributed by atoms with Gasteiger partial charge in [-0.15, -0.1) is 0 Å². The molecule has 0 saturated heterocycles. The van der Waals surface area contributed by atoms with Crippen LogP contribution in [0.4, 0.5) is 11.6 Å². The molecule has 10 N–H and O–H groups in total. The predicted octanol–water partition coefficient (Wildman–Crippen LogP) is -0.448. The number of benzene rings is 1. The molecule has 2 aromatic heterocycles. The van der Waals surface area contributed by atoms with Gasteiger partial charge in [-0.25, -0.2) is 20.7 Å². The molecule has 0 bridgehead atoms. The first kappa shape index (κ1) is 33.3. The number of H-pyrrole nitrogens is 1. The second-order valence-corrected chi connectivity index (χ2v) is 9.94. The molecule has 17 nitrogen and oxygen atoms in total. The van der Waals surface area contributed by atoms with Gasteiger partial charge in [0.15, 0.2) is 11.2 Å². The van der Waals surface area contributed by atoms with Gasteiger partial charge in [0.25, 0.3) is 11.5 Å². The molecule has 1 aromatic carbocycles. The van der Waals surface area contributed by atoms with E-state index in [1.54, 1.807) is 12.1 Å². The van der Waals surface area contributed by atoms with Crippen LogP contribution in [-0.2, 0) is 25.8 Å². The highest BCUT2D eigenvalue weighted by atomic mass is 16.6.